The summed E-state index contributed by atoms with van der Waals surface area (Å²) in [5.41, 5.74) is 0.286. The number of aliphatic imine (C=N–C) groups is 1. The highest BCUT2D eigenvalue weighted by Gasteiger charge is 2.30. The van der Waals surface area contributed by atoms with Gasteiger partial charge in [0, 0.05) is 57.7 Å². The normalized spacial score (nSPS) is 17.4. The summed E-state index contributed by atoms with van der Waals surface area (Å²) in [7, 11) is 0. The molecule has 1 saturated heterocycles. The zero-order valence-electron chi connectivity index (χ0n) is 17.6. The Labute approximate surface area is 198 Å². The van der Waals surface area contributed by atoms with Crippen molar-refractivity contribution in [2.24, 2.45) is 4.99 Å². The van der Waals surface area contributed by atoms with Crippen LogP contribution in [0.3, 0.4) is 0 Å². The van der Waals surface area contributed by atoms with Crippen molar-refractivity contribution in [3.8, 4) is 0 Å². The predicted molar refractivity (Wildman–Crippen MR) is 126 cm³/mol. The second-order valence-electron chi connectivity index (χ2n) is 7.44. The minimum absolute atomic E-state index is 0. The van der Waals surface area contributed by atoms with Crippen LogP contribution in [0.1, 0.15) is 30.9 Å². The fourth-order valence-electron chi connectivity index (χ4n) is 3.52. The molecular weight excluding hydrogens is 520 g/mol. The van der Waals surface area contributed by atoms with Crippen LogP contribution in [0.25, 0.3) is 0 Å². The molecule has 0 saturated carbocycles. The maximum atomic E-state index is 12.7. The molecule has 0 radical (unpaired) electrons. The molecule has 0 bridgehead atoms. The third-order valence-electron chi connectivity index (χ3n) is 5.02. The smallest absolute Gasteiger partial charge is 0.357 e. The molecule has 0 spiro atoms. The van der Waals surface area contributed by atoms with Crippen LogP contribution in [0.15, 0.2) is 47.7 Å². The predicted octanol–water partition coefficient (Wildman–Crippen LogP) is 3.74. The molecule has 31 heavy (non-hydrogen) atoms. The number of aryl methyl sites for hydroxylation is 1. The third-order valence-corrected chi connectivity index (χ3v) is 5.02. The molecular formula is C21H30F3IN6. The number of alkyl halides is 3. The van der Waals surface area contributed by atoms with Gasteiger partial charge in [-0.2, -0.15) is 18.3 Å². The molecule has 10 heteroatoms. The van der Waals surface area contributed by atoms with Crippen molar-refractivity contribution in [3.05, 3.63) is 53.9 Å². The maximum absolute atomic E-state index is 12.7. The monoisotopic (exact) mass is 550 g/mol. The fourth-order valence-corrected chi connectivity index (χ4v) is 3.52. The number of hydrogen-bond donors (Lipinski definition) is 2. The van der Waals surface area contributed by atoms with Crippen molar-refractivity contribution in [2.75, 3.05) is 26.2 Å². The third kappa shape index (κ3) is 8.32. The van der Waals surface area contributed by atoms with E-state index in [0.29, 0.717) is 13.1 Å². The van der Waals surface area contributed by atoms with Crippen LogP contribution in [0, 0.1) is 0 Å². The first kappa shape index (κ1) is 25.4. The van der Waals surface area contributed by atoms with Gasteiger partial charge in [0.2, 0.25) is 0 Å². The first-order chi connectivity index (χ1) is 14.4. The van der Waals surface area contributed by atoms with E-state index in [4.69, 9.17) is 0 Å². The zero-order valence-corrected chi connectivity index (χ0v) is 19.9. The SMILES string of the molecule is CCNC(=NCCCn1cccn1)NC1CCN(Cc2ccc(C(F)(F)F)cc2)C1.I. The van der Waals surface area contributed by atoms with Crippen LogP contribution in [-0.4, -0.2) is 52.9 Å². The number of nitrogens with one attached hydrogen (secondary N) is 2. The first-order valence-corrected chi connectivity index (χ1v) is 10.3. The molecule has 1 unspecified atom stereocenters. The lowest BCUT2D eigenvalue weighted by Gasteiger charge is -2.19. The van der Waals surface area contributed by atoms with Crippen molar-refractivity contribution in [1.29, 1.82) is 0 Å². The lowest BCUT2D eigenvalue weighted by molar-refractivity contribution is -0.137. The molecule has 6 nitrogen and oxygen atoms in total. The number of nitrogens with zero attached hydrogens (tertiary/aromatic N) is 4. The topological polar surface area (TPSA) is 57.5 Å². The lowest BCUT2D eigenvalue weighted by atomic mass is 10.1. The van der Waals surface area contributed by atoms with E-state index in [1.54, 1.807) is 18.3 Å². The molecule has 172 valence electrons. The van der Waals surface area contributed by atoms with Crippen molar-refractivity contribution < 1.29 is 13.2 Å². The number of rotatable bonds is 8. The van der Waals surface area contributed by atoms with Crippen LogP contribution in [0.4, 0.5) is 13.2 Å². The molecule has 3 rings (SSSR count). The molecule has 1 aromatic heterocycles. The molecule has 2 aromatic rings. The molecule has 0 amide bonds. The van der Waals surface area contributed by atoms with Crippen LogP contribution < -0.4 is 10.6 Å². The van der Waals surface area contributed by atoms with Gasteiger partial charge in [-0.25, -0.2) is 0 Å². The minimum atomic E-state index is -4.29. The molecule has 1 aliphatic rings. The molecule has 1 atom stereocenters. The summed E-state index contributed by atoms with van der Waals surface area (Å²) in [4.78, 5) is 6.90. The quantitative estimate of drug-likeness (QED) is 0.228. The largest absolute Gasteiger partial charge is 0.416 e. The van der Waals surface area contributed by atoms with Gasteiger partial charge in [-0.3, -0.25) is 14.6 Å². The van der Waals surface area contributed by atoms with Gasteiger partial charge >= 0.3 is 6.18 Å². The molecule has 1 fully saturated rings. The second kappa shape index (κ2) is 12.3. The van der Waals surface area contributed by atoms with Gasteiger partial charge in [0.05, 0.1) is 5.56 Å². The van der Waals surface area contributed by atoms with E-state index >= 15 is 0 Å². The van der Waals surface area contributed by atoms with E-state index in [-0.39, 0.29) is 30.0 Å². The number of guanidine groups is 1. The Bertz CT molecular complexity index is 792. The van der Waals surface area contributed by atoms with Crippen LogP contribution in [0.2, 0.25) is 0 Å². The Hall–Kier alpha value is -1.82. The number of benzene rings is 1. The Morgan fingerprint density at radius 3 is 2.68 bits per heavy atom. The van der Waals surface area contributed by atoms with Gasteiger partial charge in [0.15, 0.2) is 5.96 Å². The van der Waals surface area contributed by atoms with Gasteiger partial charge in [0.25, 0.3) is 0 Å². The highest BCUT2D eigenvalue weighted by molar-refractivity contribution is 14.0. The second-order valence-corrected chi connectivity index (χ2v) is 7.44. The summed E-state index contributed by atoms with van der Waals surface area (Å²) in [6, 6.07) is 7.61. The average molecular weight is 550 g/mol. The Balaban J connectivity index is 0.00000341. The minimum Gasteiger partial charge on any atom is -0.357 e. The molecule has 0 aliphatic carbocycles. The molecule has 1 aromatic carbocycles. The van der Waals surface area contributed by atoms with Crippen molar-refractivity contribution in [3.63, 3.8) is 0 Å². The standard InChI is InChI=1S/C21H29F3N6.HI/c1-2-25-20(26-10-3-12-30-13-4-11-27-30)28-19-9-14-29(16-19)15-17-5-7-18(8-6-17)21(22,23)24;/h4-8,11,13,19H,2-3,9-10,12,14-16H2,1H3,(H2,25,26,28);1H. The summed E-state index contributed by atoms with van der Waals surface area (Å²) in [5, 5.41) is 10.9. The highest BCUT2D eigenvalue weighted by atomic mass is 127. The fraction of sp³-hybridized carbons (Fsp3) is 0.524. The Morgan fingerprint density at radius 2 is 2.03 bits per heavy atom. The summed E-state index contributed by atoms with van der Waals surface area (Å²) < 4.78 is 40.0. The number of aromatic nitrogens is 2. The van der Waals surface area contributed by atoms with Crippen LogP contribution in [-0.2, 0) is 19.3 Å². The summed E-state index contributed by atoms with van der Waals surface area (Å²) in [6.45, 7) is 6.74. The van der Waals surface area contributed by atoms with E-state index in [1.165, 1.54) is 0 Å². The molecule has 2 N–H and O–H groups in total. The Kier molecular flexibility index (Phi) is 10.1. The average Bonchev–Trinajstić information content (AvgIpc) is 3.37. The van der Waals surface area contributed by atoms with Crippen molar-refractivity contribution in [1.82, 2.24) is 25.3 Å². The van der Waals surface area contributed by atoms with E-state index in [1.807, 2.05) is 23.9 Å². The maximum Gasteiger partial charge on any atom is 0.416 e. The van der Waals surface area contributed by atoms with E-state index in [2.05, 4.69) is 25.6 Å². The number of hydrogen-bond acceptors (Lipinski definition) is 3. The van der Waals surface area contributed by atoms with E-state index in [9.17, 15) is 13.2 Å². The Morgan fingerprint density at radius 1 is 1.26 bits per heavy atom. The van der Waals surface area contributed by atoms with Crippen LogP contribution in [0.5, 0.6) is 0 Å². The number of likely N-dealkylation sites (tertiary alicyclic amines) is 1. The zero-order chi connectivity index (χ0) is 21.4. The summed E-state index contributed by atoms with van der Waals surface area (Å²) in [5.74, 6) is 0.805. The van der Waals surface area contributed by atoms with Gasteiger partial charge in [-0.05, 0) is 43.5 Å². The van der Waals surface area contributed by atoms with Gasteiger partial charge in [-0.1, -0.05) is 12.1 Å². The number of halogens is 4. The van der Waals surface area contributed by atoms with E-state index in [0.717, 1.165) is 62.7 Å². The molecule has 1 aliphatic heterocycles. The highest BCUT2D eigenvalue weighted by Crippen LogP contribution is 2.29. The first-order valence-electron chi connectivity index (χ1n) is 10.3. The molecule has 2 heterocycles. The van der Waals surface area contributed by atoms with E-state index < -0.39 is 11.7 Å². The summed E-state index contributed by atoms with van der Waals surface area (Å²) in [6.07, 6.45) is 1.30. The van der Waals surface area contributed by atoms with Gasteiger partial charge < -0.3 is 10.6 Å². The lowest BCUT2D eigenvalue weighted by Crippen LogP contribution is -2.44. The van der Waals surface area contributed by atoms with Gasteiger partial charge in [0.1, 0.15) is 0 Å². The summed E-state index contributed by atoms with van der Waals surface area (Å²) >= 11 is 0. The van der Waals surface area contributed by atoms with Gasteiger partial charge in [-0.15, -0.1) is 24.0 Å². The van der Waals surface area contributed by atoms with Crippen molar-refractivity contribution in [2.45, 2.75) is 45.1 Å². The van der Waals surface area contributed by atoms with Crippen LogP contribution >= 0.6 is 24.0 Å². The van der Waals surface area contributed by atoms with Crippen molar-refractivity contribution >= 4 is 29.9 Å².